The fraction of sp³-hybridized carbons (Fsp3) is 0.611. The Balaban J connectivity index is 1.29. The molecule has 10 heteroatoms. The molecular formula is C36H46N4O6. The summed E-state index contributed by atoms with van der Waals surface area (Å²) in [6.07, 6.45) is 3.61. The molecule has 3 N–H and O–H groups in total. The molecule has 6 rings (SSSR count). The van der Waals surface area contributed by atoms with Gasteiger partial charge in [-0.25, -0.2) is 4.98 Å². The number of pyridine rings is 1. The highest BCUT2D eigenvalue weighted by Crippen LogP contribution is 2.84. The predicted molar refractivity (Wildman–Crippen MR) is 171 cm³/mol. The second-order valence-corrected chi connectivity index (χ2v) is 15.7. The number of aromatic nitrogens is 1. The number of primary amides is 1. The molecule has 0 bridgehead atoms. The van der Waals surface area contributed by atoms with E-state index in [9.17, 15) is 24.0 Å². The van der Waals surface area contributed by atoms with Crippen LogP contribution in [-0.2, 0) is 23.9 Å². The van der Waals surface area contributed by atoms with Gasteiger partial charge in [0.2, 0.25) is 17.6 Å². The van der Waals surface area contributed by atoms with Crippen molar-refractivity contribution in [3.05, 3.63) is 42.1 Å². The highest BCUT2D eigenvalue weighted by atomic mass is 16.5. The number of fused-ring (bicyclic) bond motifs is 2. The Labute approximate surface area is 270 Å². The molecule has 2 saturated heterocycles. The molecule has 1 aromatic carbocycles. The summed E-state index contributed by atoms with van der Waals surface area (Å²) >= 11 is 0. The van der Waals surface area contributed by atoms with E-state index in [1.165, 1.54) is 0 Å². The number of para-hydroxylation sites is 1. The number of benzene rings is 1. The Kier molecular flexibility index (Phi) is 7.89. The van der Waals surface area contributed by atoms with Crippen LogP contribution in [0.2, 0.25) is 0 Å². The molecule has 4 atom stereocenters. The van der Waals surface area contributed by atoms with Crippen molar-refractivity contribution in [2.45, 2.75) is 85.2 Å². The molecule has 3 amide bonds. The summed E-state index contributed by atoms with van der Waals surface area (Å²) in [5, 5.41) is 3.77. The molecule has 2 spiro atoms. The Morgan fingerprint density at radius 1 is 1.04 bits per heavy atom. The van der Waals surface area contributed by atoms with E-state index < -0.39 is 41.0 Å². The van der Waals surface area contributed by atoms with Gasteiger partial charge in [0.15, 0.2) is 5.78 Å². The fourth-order valence-electron chi connectivity index (χ4n) is 8.58. The first-order valence-electron chi connectivity index (χ1n) is 16.5. The smallest absolute Gasteiger partial charge is 0.287 e. The first-order chi connectivity index (χ1) is 21.6. The molecule has 1 aromatic heterocycles. The molecule has 2 aliphatic carbocycles. The zero-order chi connectivity index (χ0) is 33.2. The number of nitrogens with zero attached hydrogens (tertiary/aromatic N) is 2. The molecule has 0 radical (unpaired) electrons. The highest BCUT2D eigenvalue weighted by molar-refractivity contribution is 6.37. The molecule has 46 heavy (non-hydrogen) atoms. The van der Waals surface area contributed by atoms with Gasteiger partial charge >= 0.3 is 0 Å². The first-order valence-corrected chi connectivity index (χ1v) is 16.5. The molecule has 2 aromatic rings. The Hall–Kier alpha value is -3.66. The average Bonchev–Trinajstić information content (AvgIpc) is 3.18. The number of rotatable bonds is 10. The van der Waals surface area contributed by atoms with Gasteiger partial charge in [0.25, 0.3) is 5.91 Å². The van der Waals surface area contributed by atoms with Crippen molar-refractivity contribution in [2.75, 3.05) is 19.8 Å². The number of Topliss-reactive ketones (excluding diaryl/α,β-unsaturated/α-hetero) is 2. The number of amides is 3. The summed E-state index contributed by atoms with van der Waals surface area (Å²) in [7, 11) is 0. The quantitative estimate of drug-likeness (QED) is 0.299. The third kappa shape index (κ3) is 5.04. The van der Waals surface area contributed by atoms with Gasteiger partial charge in [-0.15, -0.1) is 0 Å². The minimum atomic E-state index is -1.08. The SMILES string of the molecule is CC(C)(C)[C@H](CC(=O)c1ccc2ccccc2n1)C(=O)N1C[C@]2(C[C@H]1C(=O)NC(CC1CCC1)C(=O)C(N)=O)C(C)(C)C21COC1. The Bertz CT molecular complexity index is 1600. The number of carbonyl (C=O) groups excluding carboxylic acids is 5. The average molecular weight is 631 g/mol. The summed E-state index contributed by atoms with van der Waals surface area (Å²) in [5.41, 5.74) is 5.10. The van der Waals surface area contributed by atoms with E-state index >= 15 is 0 Å². The zero-order valence-electron chi connectivity index (χ0n) is 27.6. The molecule has 246 valence electrons. The number of hydrogen-bond acceptors (Lipinski definition) is 7. The van der Waals surface area contributed by atoms with Gasteiger partial charge in [-0.05, 0) is 41.7 Å². The van der Waals surface area contributed by atoms with E-state index in [1.807, 2.05) is 51.1 Å². The number of likely N-dealkylation sites (tertiary alicyclic amines) is 1. The van der Waals surface area contributed by atoms with E-state index in [-0.39, 0.29) is 40.3 Å². The van der Waals surface area contributed by atoms with E-state index in [0.29, 0.717) is 43.8 Å². The largest absolute Gasteiger partial charge is 0.380 e. The monoisotopic (exact) mass is 630 g/mol. The lowest BCUT2D eigenvalue weighted by Crippen LogP contribution is -2.55. The lowest BCUT2D eigenvalue weighted by Gasteiger charge is -2.35. The number of nitrogens with one attached hydrogen (secondary N) is 1. The van der Waals surface area contributed by atoms with Gasteiger partial charge in [0.05, 0.1) is 30.7 Å². The van der Waals surface area contributed by atoms with Crippen LogP contribution in [0.25, 0.3) is 10.9 Å². The summed E-state index contributed by atoms with van der Waals surface area (Å²) in [6.45, 7) is 11.6. The zero-order valence-corrected chi connectivity index (χ0v) is 27.6. The molecule has 4 aliphatic rings. The Morgan fingerprint density at radius 3 is 2.30 bits per heavy atom. The molecule has 3 heterocycles. The van der Waals surface area contributed by atoms with Crippen molar-refractivity contribution in [2.24, 2.45) is 39.2 Å². The Morgan fingerprint density at radius 2 is 1.74 bits per heavy atom. The first kappa shape index (κ1) is 32.3. The minimum absolute atomic E-state index is 0.0619. The van der Waals surface area contributed by atoms with Crippen LogP contribution in [0.15, 0.2) is 36.4 Å². The van der Waals surface area contributed by atoms with Gasteiger partial charge in [0, 0.05) is 29.2 Å². The van der Waals surface area contributed by atoms with Crippen molar-refractivity contribution >= 4 is 40.2 Å². The molecule has 1 unspecified atom stereocenters. The van der Waals surface area contributed by atoms with Crippen LogP contribution in [-0.4, -0.2) is 71.0 Å². The van der Waals surface area contributed by atoms with E-state index in [2.05, 4.69) is 24.1 Å². The maximum absolute atomic E-state index is 14.7. The topological polar surface area (TPSA) is 149 Å². The van der Waals surface area contributed by atoms with Gasteiger partial charge in [0.1, 0.15) is 11.7 Å². The van der Waals surface area contributed by atoms with Gasteiger partial charge < -0.3 is 20.7 Å². The predicted octanol–water partition coefficient (Wildman–Crippen LogP) is 3.84. The molecule has 10 nitrogen and oxygen atoms in total. The van der Waals surface area contributed by atoms with E-state index in [1.54, 1.807) is 11.0 Å². The van der Waals surface area contributed by atoms with Crippen molar-refractivity contribution in [1.29, 1.82) is 0 Å². The van der Waals surface area contributed by atoms with Crippen molar-refractivity contribution in [3.8, 4) is 0 Å². The van der Waals surface area contributed by atoms with Crippen LogP contribution in [0.4, 0.5) is 0 Å². The van der Waals surface area contributed by atoms with E-state index in [0.717, 1.165) is 24.6 Å². The number of ether oxygens (including phenoxy) is 1. The maximum Gasteiger partial charge on any atom is 0.287 e. The van der Waals surface area contributed by atoms with Crippen molar-refractivity contribution in [1.82, 2.24) is 15.2 Å². The molecular weight excluding hydrogens is 584 g/mol. The normalized spacial score (nSPS) is 25.8. The summed E-state index contributed by atoms with van der Waals surface area (Å²) in [6, 6.07) is 9.22. The standard InChI is InChI=1S/C36H46N4O6/c1-33(2,3)23(16-28(41)25-14-13-22-11-6-7-12-24(22)38-25)32(45)40-18-35(34(4,5)36(35)19-46-20-36)17-27(40)31(44)39-26(29(42)30(37)43)15-21-9-8-10-21/h6-7,11-14,21,23,26-27H,8-10,15-20H2,1-5H3,(H2,37,43)(H,39,44)/t23-,26?,27+,35-/m1/s1. The molecule has 4 fully saturated rings. The van der Waals surface area contributed by atoms with Crippen molar-refractivity contribution in [3.63, 3.8) is 0 Å². The molecule has 2 aliphatic heterocycles. The fourth-order valence-corrected chi connectivity index (χ4v) is 8.58. The lowest BCUT2D eigenvalue weighted by atomic mass is 9.76. The van der Waals surface area contributed by atoms with Gasteiger partial charge in [-0.3, -0.25) is 24.0 Å². The number of ketones is 2. The van der Waals surface area contributed by atoms with Crippen LogP contribution in [0.5, 0.6) is 0 Å². The van der Waals surface area contributed by atoms with Crippen molar-refractivity contribution < 1.29 is 28.7 Å². The second-order valence-electron chi connectivity index (χ2n) is 15.7. The third-order valence-corrected chi connectivity index (χ3v) is 12.2. The minimum Gasteiger partial charge on any atom is -0.380 e. The van der Waals surface area contributed by atoms with E-state index in [4.69, 9.17) is 10.5 Å². The van der Waals surface area contributed by atoms with Crippen LogP contribution in [0, 0.1) is 33.5 Å². The summed E-state index contributed by atoms with van der Waals surface area (Å²) < 4.78 is 5.68. The third-order valence-electron chi connectivity index (χ3n) is 12.2. The number of hydrogen-bond donors (Lipinski definition) is 2. The summed E-state index contributed by atoms with van der Waals surface area (Å²) in [5.74, 6) is -3.36. The van der Waals surface area contributed by atoms with Gasteiger partial charge in [-0.2, -0.15) is 0 Å². The summed E-state index contributed by atoms with van der Waals surface area (Å²) in [4.78, 5) is 73.5. The number of carbonyl (C=O) groups is 5. The molecule has 2 saturated carbocycles. The lowest BCUT2D eigenvalue weighted by molar-refractivity contribution is -0.145. The maximum atomic E-state index is 14.7. The van der Waals surface area contributed by atoms with Crippen LogP contribution in [0.1, 0.15) is 83.6 Å². The van der Waals surface area contributed by atoms with Crippen LogP contribution in [0.3, 0.4) is 0 Å². The van der Waals surface area contributed by atoms with Crippen LogP contribution < -0.4 is 11.1 Å². The van der Waals surface area contributed by atoms with Gasteiger partial charge in [-0.1, -0.05) is 78.1 Å². The number of nitrogens with two attached hydrogens (primary N) is 1. The second kappa shape index (κ2) is 11.2. The highest BCUT2D eigenvalue weighted by Gasteiger charge is 2.86. The van der Waals surface area contributed by atoms with Crippen LogP contribution >= 0.6 is 0 Å².